The number of benzene rings is 3. The van der Waals surface area contributed by atoms with Crippen molar-refractivity contribution in [3.8, 4) is 0 Å². The highest BCUT2D eigenvalue weighted by molar-refractivity contribution is 6.20. The number of amides is 2. The first-order valence-corrected chi connectivity index (χ1v) is 9.71. The van der Waals surface area contributed by atoms with Gasteiger partial charge in [-0.25, -0.2) is 9.79 Å². The standard InChI is InChI=1S/C24H21N3O3/c28-23-22(26-24(29)30)25-21(18-11-5-2-6-12-18)19-13-7-8-14-20(19)27(23)16-15-17-9-3-1-4-10-17/h1-14,22,26H,15-16H2,(H,29,30)/t22-/m1/s1. The number of para-hydroxylation sites is 1. The normalized spacial score (nSPS) is 15.7. The highest BCUT2D eigenvalue weighted by Gasteiger charge is 2.32. The Balaban J connectivity index is 1.78. The van der Waals surface area contributed by atoms with E-state index in [1.54, 1.807) is 4.90 Å². The monoisotopic (exact) mass is 399 g/mol. The summed E-state index contributed by atoms with van der Waals surface area (Å²) in [6, 6.07) is 26.9. The van der Waals surface area contributed by atoms with Crippen LogP contribution in [0.5, 0.6) is 0 Å². The minimum atomic E-state index is -1.29. The maximum Gasteiger partial charge on any atom is 0.406 e. The second-order valence-corrected chi connectivity index (χ2v) is 6.94. The van der Waals surface area contributed by atoms with Crippen LogP contribution in [0, 0.1) is 0 Å². The topological polar surface area (TPSA) is 82.0 Å². The zero-order chi connectivity index (χ0) is 20.9. The van der Waals surface area contributed by atoms with Crippen molar-refractivity contribution in [2.45, 2.75) is 12.6 Å². The van der Waals surface area contributed by atoms with Crippen LogP contribution in [0.3, 0.4) is 0 Å². The van der Waals surface area contributed by atoms with Crippen molar-refractivity contribution in [1.29, 1.82) is 0 Å². The van der Waals surface area contributed by atoms with Crippen molar-refractivity contribution < 1.29 is 14.7 Å². The third-order valence-electron chi connectivity index (χ3n) is 4.98. The average molecular weight is 399 g/mol. The van der Waals surface area contributed by atoms with Crippen molar-refractivity contribution in [3.63, 3.8) is 0 Å². The SMILES string of the molecule is O=C(O)N[C@H]1N=C(c2ccccc2)c2ccccc2N(CCc2ccccc2)C1=O. The first-order chi connectivity index (χ1) is 14.6. The molecule has 1 aliphatic heterocycles. The van der Waals surface area contributed by atoms with Crippen LogP contribution in [0.15, 0.2) is 89.9 Å². The van der Waals surface area contributed by atoms with E-state index in [2.05, 4.69) is 10.3 Å². The number of hydrogen-bond acceptors (Lipinski definition) is 3. The van der Waals surface area contributed by atoms with Gasteiger partial charge in [0.25, 0.3) is 5.91 Å². The van der Waals surface area contributed by atoms with Crippen LogP contribution in [0.2, 0.25) is 0 Å². The van der Waals surface area contributed by atoms with Crippen LogP contribution in [0.1, 0.15) is 16.7 Å². The Labute approximate surface area is 174 Å². The lowest BCUT2D eigenvalue weighted by atomic mass is 10.00. The fourth-order valence-electron chi connectivity index (χ4n) is 3.58. The summed E-state index contributed by atoms with van der Waals surface area (Å²) in [4.78, 5) is 30.9. The van der Waals surface area contributed by atoms with Gasteiger partial charge >= 0.3 is 6.09 Å². The molecule has 6 heteroatoms. The summed E-state index contributed by atoms with van der Waals surface area (Å²) in [5.74, 6) is -0.397. The molecular weight excluding hydrogens is 378 g/mol. The summed E-state index contributed by atoms with van der Waals surface area (Å²) < 4.78 is 0. The van der Waals surface area contributed by atoms with Crippen LogP contribution < -0.4 is 10.2 Å². The summed E-state index contributed by atoms with van der Waals surface area (Å²) in [6.45, 7) is 0.412. The van der Waals surface area contributed by atoms with Gasteiger partial charge in [-0.15, -0.1) is 0 Å². The number of nitrogens with one attached hydrogen (secondary N) is 1. The Morgan fingerprint density at radius 3 is 2.27 bits per heavy atom. The molecule has 1 aliphatic rings. The second-order valence-electron chi connectivity index (χ2n) is 6.94. The summed E-state index contributed by atoms with van der Waals surface area (Å²) in [5.41, 5.74) is 4.01. The van der Waals surface area contributed by atoms with E-state index in [4.69, 9.17) is 0 Å². The second kappa shape index (κ2) is 8.61. The number of aliphatic imine (C=N–C) groups is 1. The molecule has 0 bridgehead atoms. The molecule has 0 spiro atoms. The van der Waals surface area contributed by atoms with E-state index >= 15 is 0 Å². The molecule has 150 valence electrons. The average Bonchev–Trinajstić information content (AvgIpc) is 2.88. The summed E-state index contributed by atoms with van der Waals surface area (Å²) >= 11 is 0. The third-order valence-corrected chi connectivity index (χ3v) is 4.98. The predicted octanol–water partition coefficient (Wildman–Crippen LogP) is 3.71. The minimum absolute atomic E-state index is 0.397. The maximum absolute atomic E-state index is 13.3. The molecule has 0 aromatic heterocycles. The fourth-order valence-corrected chi connectivity index (χ4v) is 3.58. The van der Waals surface area contributed by atoms with Gasteiger partial charge in [-0.3, -0.25) is 10.1 Å². The number of nitrogens with zero attached hydrogens (tertiary/aromatic N) is 2. The molecule has 1 atom stereocenters. The van der Waals surface area contributed by atoms with Crippen molar-refractivity contribution in [1.82, 2.24) is 5.32 Å². The highest BCUT2D eigenvalue weighted by Crippen LogP contribution is 2.28. The maximum atomic E-state index is 13.3. The molecule has 0 aliphatic carbocycles. The molecule has 0 radical (unpaired) electrons. The number of benzodiazepines with no additional fused rings is 1. The Morgan fingerprint density at radius 1 is 0.933 bits per heavy atom. The van der Waals surface area contributed by atoms with Gasteiger partial charge < -0.3 is 10.0 Å². The lowest BCUT2D eigenvalue weighted by Crippen LogP contribution is -2.47. The summed E-state index contributed by atoms with van der Waals surface area (Å²) in [7, 11) is 0. The van der Waals surface area contributed by atoms with Gasteiger partial charge in [0.05, 0.1) is 11.4 Å². The van der Waals surface area contributed by atoms with E-state index < -0.39 is 18.2 Å². The third kappa shape index (κ3) is 4.07. The quantitative estimate of drug-likeness (QED) is 0.686. The lowest BCUT2D eigenvalue weighted by molar-refractivity contribution is -0.120. The van der Waals surface area contributed by atoms with Crippen LogP contribution in [0.4, 0.5) is 10.5 Å². The van der Waals surface area contributed by atoms with Crippen LogP contribution >= 0.6 is 0 Å². The Hall–Kier alpha value is -3.93. The van der Waals surface area contributed by atoms with Crippen molar-refractivity contribution >= 4 is 23.4 Å². The molecule has 30 heavy (non-hydrogen) atoms. The molecule has 3 aromatic carbocycles. The first kappa shape index (κ1) is 19.4. The van der Waals surface area contributed by atoms with Crippen molar-refractivity contribution in [2.75, 3.05) is 11.4 Å². The number of carbonyl (C=O) groups excluding carboxylic acids is 1. The molecule has 2 N–H and O–H groups in total. The van der Waals surface area contributed by atoms with Crippen LogP contribution in [-0.2, 0) is 11.2 Å². The molecule has 6 nitrogen and oxygen atoms in total. The zero-order valence-electron chi connectivity index (χ0n) is 16.2. The Bertz CT molecular complexity index is 1080. The van der Waals surface area contributed by atoms with Crippen molar-refractivity contribution in [3.05, 3.63) is 102 Å². The van der Waals surface area contributed by atoms with E-state index in [0.29, 0.717) is 18.7 Å². The fraction of sp³-hybridized carbons (Fsp3) is 0.125. The van der Waals surface area contributed by atoms with Crippen LogP contribution in [-0.4, -0.2) is 35.5 Å². The number of anilines is 1. The van der Waals surface area contributed by atoms with E-state index in [0.717, 1.165) is 22.4 Å². The Kier molecular flexibility index (Phi) is 5.57. The van der Waals surface area contributed by atoms with Crippen LogP contribution in [0.25, 0.3) is 0 Å². The summed E-state index contributed by atoms with van der Waals surface area (Å²) in [6.07, 6.45) is -1.87. The van der Waals surface area contributed by atoms with E-state index in [9.17, 15) is 14.7 Å². The molecule has 4 rings (SSSR count). The molecule has 3 aromatic rings. The summed E-state index contributed by atoms with van der Waals surface area (Å²) in [5, 5.41) is 11.6. The number of hydrogen-bond donors (Lipinski definition) is 2. The lowest BCUT2D eigenvalue weighted by Gasteiger charge is -2.25. The van der Waals surface area contributed by atoms with Gasteiger partial charge in [0.1, 0.15) is 0 Å². The van der Waals surface area contributed by atoms with E-state index in [1.807, 2.05) is 84.9 Å². The number of carboxylic acid groups (broad SMARTS) is 1. The molecule has 2 amide bonds. The zero-order valence-corrected chi connectivity index (χ0v) is 16.2. The largest absolute Gasteiger partial charge is 0.465 e. The van der Waals surface area contributed by atoms with E-state index in [-0.39, 0.29) is 0 Å². The number of carbonyl (C=O) groups is 2. The van der Waals surface area contributed by atoms with E-state index in [1.165, 1.54) is 0 Å². The Morgan fingerprint density at radius 2 is 1.57 bits per heavy atom. The van der Waals surface area contributed by atoms with Gasteiger partial charge in [-0.2, -0.15) is 0 Å². The molecule has 0 saturated heterocycles. The molecule has 0 fully saturated rings. The van der Waals surface area contributed by atoms with Gasteiger partial charge in [0, 0.05) is 17.7 Å². The van der Waals surface area contributed by atoms with Gasteiger partial charge in [0.2, 0.25) is 6.17 Å². The highest BCUT2D eigenvalue weighted by atomic mass is 16.4. The number of fused-ring (bicyclic) bond motifs is 1. The smallest absolute Gasteiger partial charge is 0.406 e. The van der Waals surface area contributed by atoms with Gasteiger partial charge in [0.15, 0.2) is 0 Å². The molecular formula is C24H21N3O3. The minimum Gasteiger partial charge on any atom is -0.465 e. The van der Waals surface area contributed by atoms with Gasteiger partial charge in [-0.05, 0) is 18.1 Å². The molecule has 0 saturated carbocycles. The first-order valence-electron chi connectivity index (χ1n) is 9.71. The molecule has 0 unspecified atom stereocenters. The predicted molar refractivity (Wildman–Crippen MR) is 116 cm³/mol. The molecule has 1 heterocycles. The van der Waals surface area contributed by atoms with Gasteiger partial charge in [-0.1, -0.05) is 78.9 Å². The number of rotatable bonds is 5. The van der Waals surface area contributed by atoms with Crippen molar-refractivity contribution in [2.24, 2.45) is 4.99 Å².